The van der Waals surface area contributed by atoms with E-state index in [1.165, 1.54) is 42.9 Å². The van der Waals surface area contributed by atoms with E-state index in [0.29, 0.717) is 5.75 Å². The maximum atomic E-state index is 11.6. The molecule has 0 aromatic heterocycles. The van der Waals surface area contributed by atoms with Crippen molar-refractivity contribution in [3.05, 3.63) is 41.5 Å². The summed E-state index contributed by atoms with van der Waals surface area (Å²) >= 11 is 0. The summed E-state index contributed by atoms with van der Waals surface area (Å²) in [5.74, 6) is 0.411. The van der Waals surface area contributed by atoms with Crippen LogP contribution in [0, 0.1) is 6.92 Å². The van der Waals surface area contributed by atoms with Crippen molar-refractivity contribution >= 4 is 5.97 Å². The molecule has 0 fully saturated rings. The first-order valence-electron chi connectivity index (χ1n) is 7.62. The highest BCUT2D eigenvalue weighted by Gasteiger charge is 2.09. The molecule has 0 aliphatic carbocycles. The van der Waals surface area contributed by atoms with Crippen LogP contribution in [0.3, 0.4) is 0 Å². The zero-order valence-electron chi connectivity index (χ0n) is 12.9. The summed E-state index contributed by atoms with van der Waals surface area (Å²) in [6.45, 7) is 6.11. The minimum Gasteiger partial charge on any atom is -0.423 e. The molecule has 110 valence electrons. The van der Waals surface area contributed by atoms with Gasteiger partial charge in [-0.1, -0.05) is 50.8 Å². The number of allylic oxidation sites excluding steroid dienone is 1. The van der Waals surface area contributed by atoms with E-state index in [1.54, 1.807) is 6.08 Å². The van der Waals surface area contributed by atoms with Crippen molar-refractivity contribution in [2.45, 2.75) is 59.3 Å². The van der Waals surface area contributed by atoms with Gasteiger partial charge in [0.1, 0.15) is 5.75 Å². The van der Waals surface area contributed by atoms with E-state index in [1.807, 2.05) is 19.1 Å². The normalized spacial score (nSPS) is 10.9. The molecule has 0 bridgehead atoms. The van der Waals surface area contributed by atoms with Crippen LogP contribution in [0.2, 0.25) is 0 Å². The molecule has 0 atom stereocenters. The van der Waals surface area contributed by atoms with Gasteiger partial charge in [-0.05, 0) is 43.9 Å². The standard InChI is InChI=1S/C18H26O2/c1-4-6-7-8-9-13-16-15(3)12-10-14-17(16)20-18(19)11-5-2/h5,10-12,14H,4,6-9,13H2,1-3H3. The first kappa shape index (κ1) is 16.5. The van der Waals surface area contributed by atoms with E-state index < -0.39 is 0 Å². The summed E-state index contributed by atoms with van der Waals surface area (Å²) in [6, 6.07) is 5.90. The lowest BCUT2D eigenvalue weighted by atomic mass is 10.0. The quantitative estimate of drug-likeness (QED) is 0.289. The Hall–Kier alpha value is -1.57. The lowest BCUT2D eigenvalue weighted by Crippen LogP contribution is -2.06. The molecule has 0 unspecified atom stereocenters. The molecule has 0 radical (unpaired) electrons. The molecule has 2 heteroatoms. The van der Waals surface area contributed by atoms with Gasteiger partial charge in [0.05, 0.1) is 0 Å². The predicted octanol–water partition coefficient (Wildman–Crippen LogP) is 4.99. The molecule has 0 aliphatic heterocycles. The van der Waals surface area contributed by atoms with Crippen molar-refractivity contribution in [2.75, 3.05) is 0 Å². The van der Waals surface area contributed by atoms with Crippen LogP contribution < -0.4 is 4.74 Å². The molecule has 0 saturated heterocycles. The first-order valence-corrected chi connectivity index (χ1v) is 7.62. The van der Waals surface area contributed by atoms with Gasteiger partial charge in [-0.25, -0.2) is 4.79 Å². The molecule has 1 aromatic carbocycles. The molecular formula is C18H26O2. The third-order valence-corrected chi connectivity index (χ3v) is 3.41. The average Bonchev–Trinajstić information content (AvgIpc) is 2.41. The predicted molar refractivity (Wildman–Crippen MR) is 84.1 cm³/mol. The number of aryl methyl sites for hydroxylation is 1. The molecule has 0 spiro atoms. The van der Waals surface area contributed by atoms with Crippen molar-refractivity contribution in [3.63, 3.8) is 0 Å². The van der Waals surface area contributed by atoms with E-state index >= 15 is 0 Å². The van der Waals surface area contributed by atoms with Gasteiger partial charge in [0.15, 0.2) is 0 Å². The topological polar surface area (TPSA) is 26.3 Å². The maximum absolute atomic E-state index is 11.6. The van der Waals surface area contributed by atoms with Gasteiger partial charge in [0.2, 0.25) is 0 Å². The van der Waals surface area contributed by atoms with E-state index in [4.69, 9.17) is 4.74 Å². The van der Waals surface area contributed by atoms with Crippen LogP contribution in [0.5, 0.6) is 5.75 Å². The Bertz CT molecular complexity index is 447. The molecule has 20 heavy (non-hydrogen) atoms. The summed E-state index contributed by atoms with van der Waals surface area (Å²) in [4.78, 5) is 11.6. The number of ether oxygens (including phenoxy) is 1. The van der Waals surface area contributed by atoms with Crippen LogP contribution >= 0.6 is 0 Å². The Morgan fingerprint density at radius 3 is 2.65 bits per heavy atom. The molecule has 0 saturated carbocycles. The number of unbranched alkanes of at least 4 members (excludes halogenated alkanes) is 4. The minimum atomic E-state index is -0.301. The Balaban J connectivity index is 2.65. The molecule has 0 amide bonds. The number of hydrogen-bond acceptors (Lipinski definition) is 2. The molecule has 2 nitrogen and oxygen atoms in total. The van der Waals surface area contributed by atoms with Crippen molar-refractivity contribution in [1.82, 2.24) is 0 Å². The second-order valence-corrected chi connectivity index (χ2v) is 5.14. The highest BCUT2D eigenvalue weighted by Crippen LogP contribution is 2.24. The van der Waals surface area contributed by atoms with E-state index in [2.05, 4.69) is 19.9 Å². The van der Waals surface area contributed by atoms with Crippen LogP contribution in [0.25, 0.3) is 0 Å². The fraction of sp³-hybridized carbons (Fsp3) is 0.500. The number of carbonyl (C=O) groups is 1. The molecule has 1 aromatic rings. The third-order valence-electron chi connectivity index (χ3n) is 3.41. The second kappa shape index (κ2) is 9.35. The fourth-order valence-corrected chi connectivity index (χ4v) is 2.28. The SMILES string of the molecule is CC=CC(=O)Oc1cccc(C)c1CCCCCCC. The Kier molecular flexibility index (Phi) is 7.71. The number of rotatable bonds is 8. The number of benzene rings is 1. The van der Waals surface area contributed by atoms with Gasteiger partial charge in [-0.2, -0.15) is 0 Å². The number of carbonyl (C=O) groups excluding carboxylic acids is 1. The van der Waals surface area contributed by atoms with Crippen LogP contribution in [0.4, 0.5) is 0 Å². The van der Waals surface area contributed by atoms with Gasteiger partial charge in [0.25, 0.3) is 0 Å². The fourth-order valence-electron chi connectivity index (χ4n) is 2.28. The molecule has 0 N–H and O–H groups in total. The molecule has 0 heterocycles. The average molecular weight is 274 g/mol. The van der Waals surface area contributed by atoms with Gasteiger partial charge in [0, 0.05) is 6.08 Å². The zero-order valence-corrected chi connectivity index (χ0v) is 12.9. The van der Waals surface area contributed by atoms with E-state index in [-0.39, 0.29) is 5.97 Å². The van der Waals surface area contributed by atoms with Gasteiger partial charge >= 0.3 is 5.97 Å². The summed E-state index contributed by atoms with van der Waals surface area (Å²) in [7, 11) is 0. The van der Waals surface area contributed by atoms with Crippen molar-refractivity contribution in [2.24, 2.45) is 0 Å². The third kappa shape index (κ3) is 5.60. The smallest absolute Gasteiger partial charge is 0.335 e. The number of hydrogen-bond donors (Lipinski definition) is 0. The summed E-state index contributed by atoms with van der Waals surface area (Å²) < 4.78 is 5.42. The van der Waals surface area contributed by atoms with Gasteiger partial charge in [-0.15, -0.1) is 0 Å². The monoisotopic (exact) mass is 274 g/mol. The van der Waals surface area contributed by atoms with E-state index in [9.17, 15) is 4.79 Å². The highest BCUT2D eigenvalue weighted by atomic mass is 16.5. The van der Waals surface area contributed by atoms with Crippen molar-refractivity contribution in [1.29, 1.82) is 0 Å². The molecule has 0 aliphatic rings. The van der Waals surface area contributed by atoms with Crippen LogP contribution in [0.1, 0.15) is 57.1 Å². The summed E-state index contributed by atoms with van der Waals surface area (Å²) in [5, 5.41) is 0. The Morgan fingerprint density at radius 2 is 1.95 bits per heavy atom. The first-order chi connectivity index (χ1) is 9.69. The van der Waals surface area contributed by atoms with Gasteiger partial charge < -0.3 is 4.74 Å². The summed E-state index contributed by atoms with van der Waals surface area (Å²) in [5.41, 5.74) is 2.37. The summed E-state index contributed by atoms with van der Waals surface area (Å²) in [6.07, 6.45) is 10.4. The van der Waals surface area contributed by atoms with Crippen LogP contribution in [0.15, 0.2) is 30.4 Å². The van der Waals surface area contributed by atoms with Crippen LogP contribution in [-0.2, 0) is 11.2 Å². The minimum absolute atomic E-state index is 0.301. The Morgan fingerprint density at radius 1 is 1.20 bits per heavy atom. The zero-order chi connectivity index (χ0) is 14.8. The van der Waals surface area contributed by atoms with Crippen molar-refractivity contribution < 1.29 is 9.53 Å². The lowest BCUT2D eigenvalue weighted by Gasteiger charge is -2.12. The van der Waals surface area contributed by atoms with E-state index in [0.717, 1.165) is 12.8 Å². The Labute approximate surface area is 122 Å². The highest BCUT2D eigenvalue weighted by molar-refractivity contribution is 5.84. The maximum Gasteiger partial charge on any atom is 0.335 e. The van der Waals surface area contributed by atoms with Crippen molar-refractivity contribution in [3.8, 4) is 5.75 Å². The molecule has 1 rings (SSSR count). The largest absolute Gasteiger partial charge is 0.423 e. The number of esters is 1. The van der Waals surface area contributed by atoms with Gasteiger partial charge in [-0.3, -0.25) is 0 Å². The lowest BCUT2D eigenvalue weighted by molar-refractivity contribution is -0.129. The second-order valence-electron chi connectivity index (χ2n) is 5.14. The molecular weight excluding hydrogens is 248 g/mol. The van der Waals surface area contributed by atoms with Crippen LogP contribution in [-0.4, -0.2) is 5.97 Å².